The number of nitrogens with zero attached hydrogens (tertiary/aromatic N) is 1. The number of carbonyl (C=O) groups is 1. The minimum Gasteiger partial charge on any atom is -0.396 e. The fourth-order valence-corrected chi connectivity index (χ4v) is 3.08. The van der Waals surface area contributed by atoms with Crippen molar-refractivity contribution < 1.29 is 14.4 Å². The third kappa shape index (κ3) is 2.93. The SMILES string of the molecule is O=C(Cc1noc2ccccc12)NCC1(CO)CCCC1. The van der Waals surface area contributed by atoms with E-state index < -0.39 is 0 Å². The lowest BCUT2D eigenvalue weighted by Crippen LogP contribution is -2.38. The minimum absolute atomic E-state index is 0.0752. The topological polar surface area (TPSA) is 75.4 Å². The van der Waals surface area contributed by atoms with Gasteiger partial charge < -0.3 is 14.9 Å². The van der Waals surface area contributed by atoms with Gasteiger partial charge in [0.1, 0.15) is 5.69 Å². The van der Waals surface area contributed by atoms with E-state index in [2.05, 4.69) is 10.5 Å². The second kappa shape index (κ2) is 5.85. The van der Waals surface area contributed by atoms with Crippen LogP contribution in [0.15, 0.2) is 28.8 Å². The first-order valence-electron chi connectivity index (χ1n) is 7.43. The molecular weight excluding hydrogens is 268 g/mol. The van der Waals surface area contributed by atoms with Gasteiger partial charge in [-0.1, -0.05) is 30.1 Å². The number of hydrogen-bond donors (Lipinski definition) is 2. The van der Waals surface area contributed by atoms with Crippen LogP contribution in [0.2, 0.25) is 0 Å². The van der Waals surface area contributed by atoms with Crippen molar-refractivity contribution in [1.82, 2.24) is 10.5 Å². The van der Waals surface area contributed by atoms with Crippen LogP contribution in [0.4, 0.5) is 0 Å². The van der Waals surface area contributed by atoms with Gasteiger partial charge in [-0.05, 0) is 25.0 Å². The van der Waals surface area contributed by atoms with E-state index in [0.717, 1.165) is 31.1 Å². The average Bonchev–Trinajstić information content (AvgIpc) is 3.14. The molecule has 5 nitrogen and oxygen atoms in total. The predicted octanol–water partition coefficient (Wildman–Crippen LogP) is 2.04. The third-order valence-corrected chi connectivity index (χ3v) is 4.44. The van der Waals surface area contributed by atoms with E-state index in [4.69, 9.17) is 4.52 Å². The van der Waals surface area contributed by atoms with Crippen molar-refractivity contribution in [3.8, 4) is 0 Å². The summed E-state index contributed by atoms with van der Waals surface area (Å²) in [6.45, 7) is 0.679. The Kier molecular flexibility index (Phi) is 3.92. The Morgan fingerprint density at radius 2 is 2.10 bits per heavy atom. The van der Waals surface area contributed by atoms with Gasteiger partial charge >= 0.3 is 0 Å². The number of para-hydroxylation sites is 1. The first-order valence-corrected chi connectivity index (χ1v) is 7.43. The molecule has 2 N–H and O–H groups in total. The molecule has 21 heavy (non-hydrogen) atoms. The molecule has 5 heteroatoms. The Bertz CT molecular complexity index is 629. The minimum atomic E-state index is -0.123. The van der Waals surface area contributed by atoms with Crippen LogP contribution in [0.5, 0.6) is 0 Å². The molecule has 0 unspecified atom stereocenters. The monoisotopic (exact) mass is 288 g/mol. The number of rotatable bonds is 5. The molecule has 0 radical (unpaired) electrons. The first-order chi connectivity index (χ1) is 10.2. The molecule has 112 valence electrons. The van der Waals surface area contributed by atoms with E-state index in [0.29, 0.717) is 17.8 Å². The fourth-order valence-electron chi connectivity index (χ4n) is 3.08. The van der Waals surface area contributed by atoms with Gasteiger partial charge in [-0.2, -0.15) is 0 Å². The van der Waals surface area contributed by atoms with Crippen molar-refractivity contribution in [1.29, 1.82) is 0 Å². The van der Waals surface area contributed by atoms with E-state index in [1.54, 1.807) is 0 Å². The molecule has 0 aliphatic heterocycles. The second-order valence-corrected chi connectivity index (χ2v) is 5.94. The van der Waals surface area contributed by atoms with Crippen molar-refractivity contribution in [2.45, 2.75) is 32.1 Å². The summed E-state index contributed by atoms with van der Waals surface area (Å²) in [5, 5.41) is 17.3. The predicted molar refractivity (Wildman–Crippen MR) is 78.7 cm³/mol. The molecule has 1 heterocycles. The number of aromatic nitrogens is 1. The van der Waals surface area contributed by atoms with Crippen molar-refractivity contribution >= 4 is 16.9 Å². The first kappa shape index (κ1) is 14.1. The van der Waals surface area contributed by atoms with Crippen LogP contribution < -0.4 is 5.32 Å². The summed E-state index contributed by atoms with van der Waals surface area (Å²) < 4.78 is 5.20. The van der Waals surface area contributed by atoms with Gasteiger partial charge in [0.2, 0.25) is 5.91 Å². The van der Waals surface area contributed by atoms with E-state index in [-0.39, 0.29) is 24.3 Å². The molecule has 1 amide bonds. The van der Waals surface area contributed by atoms with E-state index in [1.807, 2.05) is 24.3 Å². The molecule has 1 aliphatic carbocycles. The zero-order valence-electron chi connectivity index (χ0n) is 12.0. The lowest BCUT2D eigenvalue weighted by Gasteiger charge is -2.26. The molecule has 0 saturated heterocycles. The molecular formula is C16H20N2O3. The molecule has 0 bridgehead atoms. The highest BCUT2D eigenvalue weighted by molar-refractivity contribution is 5.86. The zero-order chi connectivity index (χ0) is 14.7. The van der Waals surface area contributed by atoms with Crippen molar-refractivity contribution in [3.05, 3.63) is 30.0 Å². The normalized spacial score (nSPS) is 17.2. The zero-order valence-corrected chi connectivity index (χ0v) is 12.0. The molecule has 1 aliphatic rings. The summed E-state index contributed by atoms with van der Waals surface area (Å²) >= 11 is 0. The summed E-state index contributed by atoms with van der Waals surface area (Å²) in [5.41, 5.74) is 1.23. The lowest BCUT2D eigenvalue weighted by molar-refractivity contribution is -0.121. The average molecular weight is 288 g/mol. The Balaban J connectivity index is 1.61. The van der Waals surface area contributed by atoms with Crippen LogP contribution in [0, 0.1) is 5.41 Å². The molecule has 1 saturated carbocycles. The number of nitrogens with one attached hydrogen (secondary N) is 1. The molecule has 0 spiro atoms. The smallest absolute Gasteiger partial charge is 0.226 e. The van der Waals surface area contributed by atoms with Crippen molar-refractivity contribution in [3.63, 3.8) is 0 Å². The van der Waals surface area contributed by atoms with Crippen LogP contribution in [-0.4, -0.2) is 29.3 Å². The highest BCUT2D eigenvalue weighted by Gasteiger charge is 2.33. The van der Waals surface area contributed by atoms with Gasteiger partial charge in [0.05, 0.1) is 13.0 Å². The molecule has 0 atom stereocenters. The summed E-state index contributed by atoms with van der Waals surface area (Å²) in [6, 6.07) is 7.52. The highest BCUT2D eigenvalue weighted by Crippen LogP contribution is 2.36. The molecule has 1 aromatic carbocycles. The standard InChI is InChI=1S/C16H20N2O3/c19-11-16(7-3-4-8-16)10-17-15(20)9-13-12-5-1-2-6-14(12)21-18-13/h1-2,5-6,19H,3-4,7-11H2,(H,17,20). The second-order valence-electron chi connectivity index (χ2n) is 5.94. The third-order valence-electron chi connectivity index (χ3n) is 4.44. The van der Waals surface area contributed by atoms with Crippen LogP contribution in [-0.2, 0) is 11.2 Å². The van der Waals surface area contributed by atoms with Gasteiger partial charge in [-0.25, -0.2) is 0 Å². The van der Waals surface area contributed by atoms with E-state index in [1.165, 1.54) is 0 Å². The van der Waals surface area contributed by atoms with Gasteiger partial charge in [-0.15, -0.1) is 0 Å². The Labute approximate surface area is 123 Å². The Morgan fingerprint density at radius 3 is 2.86 bits per heavy atom. The Morgan fingerprint density at radius 1 is 1.33 bits per heavy atom. The summed E-state index contributed by atoms with van der Waals surface area (Å²) in [6.07, 6.45) is 4.43. The summed E-state index contributed by atoms with van der Waals surface area (Å²) in [4.78, 5) is 12.1. The van der Waals surface area contributed by atoms with Crippen LogP contribution in [0.25, 0.3) is 11.0 Å². The van der Waals surface area contributed by atoms with Crippen LogP contribution in [0.3, 0.4) is 0 Å². The van der Waals surface area contributed by atoms with Gasteiger partial charge in [0.15, 0.2) is 5.58 Å². The van der Waals surface area contributed by atoms with Crippen molar-refractivity contribution in [2.75, 3.05) is 13.2 Å². The van der Waals surface area contributed by atoms with Crippen LogP contribution in [0.1, 0.15) is 31.4 Å². The number of hydrogen-bond acceptors (Lipinski definition) is 4. The molecule has 2 aromatic rings. The maximum atomic E-state index is 12.1. The Hall–Kier alpha value is -1.88. The van der Waals surface area contributed by atoms with Crippen molar-refractivity contribution in [2.24, 2.45) is 5.41 Å². The molecule has 3 rings (SSSR count). The van der Waals surface area contributed by atoms with Gasteiger partial charge in [0, 0.05) is 17.3 Å². The lowest BCUT2D eigenvalue weighted by atomic mass is 9.87. The summed E-state index contributed by atoms with van der Waals surface area (Å²) in [5.74, 6) is -0.0752. The molecule has 1 aromatic heterocycles. The summed E-state index contributed by atoms with van der Waals surface area (Å²) in [7, 11) is 0. The number of carbonyl (C=O) groups excluding carboxylic acids is 1. The number of fused-ring (bicyclic) bond motifs is 1. The number of aliphatic hydroxyl groups is 1. The maximum Gasteiger partial charge on any atom is 0.226 e. The van der Waals surface area contributed by atoms with Gasteiger partial charge in [0.25, 0.3) is 0 Å². The number of benzene rings is 1. The van der Waals surface area contributed by atoms with Crippen LogP contribution >= 0.6 is 0 Å². The highest BCUT2D eigenvalue weighted by atomic mass is 16.5. The van der Waals surface area contributed by atoms with Gasteiger partial charge in [-0.3, -0.25) is 4.79 Å². The molecule has 1 fully saturated rings. The number of amides is 1. The maximum absolute atomic E-state index is 12.1. The fraction of sp³-hybridized carbons (Fsp3) is 0.500. The number of aliphatic hydroxyl groups excluding tert-OH is 1. The van der Waals surface area contributed by atoms with E-state index in [9.17, 15) is 9.90 Å². The largest absolute Gasteiger partial charge is 0.396 e. The quantitative estimate of drug-likeness (QED) is 0.883. The van der Waals surface area contributed by atoms with E-state index >= 15 is 0 Å².